The second-order valence-electron chi connectivity index (χ2n) is 5.25. The van der Waals surface area contributed by atoms with E-state index in [9.17, 15) is 8.42 Å². The zero-order valence-electron chi connectivity index (χ0n) is 13.3. The van der Waals surface area contributed by atoms with Gasteiger partial charge in [0.05, 0.1) is 10.2 Å². The first-order valence-electron chi connectivity index (χ1n) is 7.53. The summed E-state index contributed by atoms with van der Waals surface area (Å²) >= 11 is 6.77. The van der Waals surface area contributed by atoms with Gasteiger partial charge in [-0.15, -0.1) is 0 Å². The number of para-hydroxylation sites is 1. The van der Waals surface area contributed by atoms with Gasteiger partial charge in [0.2, 0.25) is 0 Å². The minimum atomic E-state index is -3.96. The maximum atomic E-state index is 12.6. The lowest BCUT2D eigenvalue weighted by Crippen LogP contribution is -2.11. The molecule has 26 heavy (non-hydrogen) atoms. The van der Waals surface area contributed by atoms with Gasteiger partial charge in [-0.1, -0.05) is 52.3 Å². The third-order valence-electron chi connectivity index (χ3n) is 3.37. The van der Waals surface area contributed by atoms with Crippen molar-refractivity contribution in [3.05, 3.63) is 87.3 Å². The van der Waals surface area contributed by atoms with Crippen LogP contribution in [0.4, 0.5) is 5.69 Å². The van der Waals surface area contributed by atoms with Crippen LogP contribution in [-0.2, 0) is 10.1 Å². The summed E-state index contributed by atoms with van der Waals surface area (Å²) in [6, 6.07) is 20.8. The van der Waals surface area contributed by atoms with Gasteiger partial charge < -0.3 is 4.18 Å². The minimum absolute atomic E-state index is 0.0840. The Labute approximate surface area is 168 Å². The molecule has 0 unspecified atom stereocenters. The van der Waals surface area contributed by atoms with E-state index in [1.165, 1.54) is 12.1 Å². The lowest BCUT2D eigenvalue weighted by Gasteiger charge is -2.12. The van der Waals surface area contributed by atoms with Crippen molar-refractivity contribution >= 4 is 53.9 Å². The first kappa shape index (κ1) is 18.8. The van der Waals surface area contributed by atoms with E-state index in [2.05, 4.69) is 36.9 Å². The molecule has 7 heteroatoms. The third kappa shape index (κ3) is 4.60. The van der Waals surface area contributed by atoms with E-state index in [0.29, 0.717) is 10.0 Å². The lowest BCUT2D eigenvalue weighted by atomic mass is 10.2. The fourth-order valence-corrected chi connectivity index (χ4v) is 4.61. The van der Waals surface area contributed by atoms with Crippen molar-refractivity contribution in [2.24, 2.45) is 4.99 Å². The van der Waals surface area contributed by atoms with E-state index < -0.39 is 10.1 Å². The van der Waals surface area contributed by atoms with E-state index in [1.54, 1.807) is 36.5 Å². The number of rotatable bonds is 5. The Bertz CT molecular complexity index is 1040. The van der Waals surface area contributed by atoms with Crippen LogP contribution < -0.4 is 4.18 Å². The molecule has 4 nitrogen and oxygen atoms in total. The zero-order chi connectivity index (χ0) is 18.6. The SMILES string of the molecule is O=S(=O)(Oc1c(Br)cc(Br)cc1C=Nc1ccccc1)c1ccccc1. The maximum absolute atomic E-state index is 12.6. The molecule has 0 aromatic heterocycles. The van der Waals surface area contributed by atoms with Gasteiger partial charge in [0.1, 0.15) is 4.90 Å². The predicted molar refractivity (Wildman–Crippen MR) is 110 cm³/mol. The van der Waals surface area contributed by atoms with Gasteiger partial charge in [-0.2, -0.15) is 8.42 Å². The number of aliphatic imine (C=N–C) groups is 1. The number of hydrogen-bond donors (Lipinski definition) is 0. The molecular formula is C19H13Br2NO3S. The summed E-state index contributed by atoms with van der Waals surface area (Å²) in [4.78, 5) is 4.46. The summed E-state index contributed by atoms with van der Waals surface area (Å²) < 4.78 is 31.8. The Morgan fingerprint density at radius 1 is 0.885 bits per heavy atom. The highest BCUT2D eigenvalue weighted by Crippen LogP contribution is 2.34. The largest absolute Gasteiger partial charge is 0.377 e. The Balaban J connectivity index is 2.00. The first-order valence-corrected chi connectivity index (χ1v) is 10.5. The molecular weight excluding hydrogens is 482 g/mol. The van der Waals surface area contributed by atoms with E-state index >= 15 is 0 Å². The molecule has 0 saturated heterocycles. The van der Waals surface area contributed by atoms with Gasteiger partial charge in [-0.3, -0.25) is 4.99 Å². The average Bonchev–Trinajstić information content (AvgIpc) is 2.64. The van der Waals surface area contributed by atoms with Crippen LogP contribution in [0.2, 0.25) is 0 Å². The summed E-state index contributed by atoms with van der Waals surface area (Å²) in [6.45, 7) is 0. The molecule has 0 radical (unpaired) electrons. The van der Waals surface area contributed by atoms with E-state index in [4.69, 9.17) is 4.18 Å². The summed E-state index contributed by atoms with van der Waals surface area (Å²) in [5.41, 5.74) is 1.27. The smallest absolute Gasteiger partial charge is 0.339 e. The summed E-state index contributed by atoms with van der Waals surface area (Å²) in [5, 5.41) is 0. The Hall–Kier alpha value is -1.96. The molecule has 0 spiro atoms. The lowest BCUT2D eigenvalue weighted by molar-refractivity contribution is 0.484. The Morgan fingerprint density at radius 2 is 1.50 bits per heavy atom. The minimum Gasteiger partial charge on any atom is -0.377 e. The molecule has 132 valence electrons. The molecule has 0 N–H and O–H groups in total. The molecule has 0 bridgehead atoms. The van der Waals surface area contributed by atoms with Gasteiger partial charge in [0.15, 0.2) is 5.75 Å². The van der Waals surface area contributed by atoms with Crippen LogP contribution in [0.3, 0.4) is 0 Å². The average molecular weight is 495 g/mol. The molecule has 3 rings (SSSR count). The summed E-state index contributed by atoms with van der Waals surface area (Å²) in [7, 11) is -3.96. The quantitative estimate of drug-likeness (QED) is 0.336. The van der Waals surface area contributed by atoms with Crippen LogP contribution in [-0.4, -0.2) is 14.6 Å². The zero-order valence-corrected chi connectivity index (χ0v) is 17.3. The molecule has 0 fully saturated rings. The number of nitrogens with zero attached hydrogens (tertiary/aromatic N) is 1. The normalized spacial score (nSPS) is 11.6. The van der Waals surface area contributed by atoms with Crippen molar-refractivity contribution in [3.8, 4) is 5.75 Å². The van der Waals surface area contributed by atoms with Crippen LogP contribution in [0.1, 0.15) is 5.56 Å². The summed E-state index contributed by atoms with van der Waals surface area (Å²) in [5.74, 6) is 0.178. The molecule has 0 aliphatic rings. The van der Waals surface area contributed by atoms with Crippen molar-refractivity contribution in [1.82, 2.24) is 0 Å². The number of halogens is 2. The fraction of sp³-hybridized carbons (Fsp3) is 0. The monoisotopic (exact) mass is 493 g/mol. The molecule has 0 atom stereocenters. The van der Waals surface area contributed by atoms with Crippen LogP contribution in [0, 0.1) is 0 Å². The highest BCUT2D eigenvalue weighted by molar-refractivity contribution is 9.11. The highest BCUT2D eigenvalue weighted by Gasteiger charge is 2.20. The van der Waals surface area contributed by atoms with Crippen LogP contribution in [0.25, 0.3) is 0 Å². The van der Waals surface area contributed by atoms with Gasteiger partial charge in [0, 0.05) is 16.3 Å². The molecule has 3 aromatic rings. The van der Waals surface area contributed by atoms with E-state index in [-0.39, 0.29) is 10.6 Å². The fourth-order valence-electron chi connectivity index (χ4n) is 2.17. The van der Waals surface area contributed by atoms with Crippen molar-refractivity contribution in [1.29, 1.82) is 0 Å². The van der Waals surface area contributed by atoms with Gasteiger partial charge in [0.25, 0.3) is 0 Å². The number of benzene rings is 3. The van der Waals surface area contributed by atoms with Gasteiger partial charge in [-0.05, 0) is 52.3 Å². The molecule has 3 aromatic carbocycles. The molecule has 0 aliphatic heterocycles. The highest BCUT2D eigenvalue weighted by atomic mass is 79.9. The topological polar surface area (TPSA) is 55.7 Å². The van der Waals surface area contributed by atoms with Crippen molar-refractivity contribution in [2.45, 2.75) is 4.90 Å². The molecule has 0 amide bonds. The molecule has 0 saturated carbocycles. The third-order valence-corrected chi connectivity index (χ3v) is 5.65. The van der Waals surface area contributed by atoms with Gasteiger partial charge in [-0.25, -0.2) is 0 Å². The van der Waals surface area contributed by atoms with Crippen LogP contribution >= 0.6 is 31.9 Å². The van der Waals surface area contributed by atoms with Crippen molar-refractivity contribution in [3.63, 3.8) is 0 Å². The first-order chi connectivity index (χ1) is 12.5. The maximum Gasteiger partial charge on any atom is 0.339 e. The van der Waals surface area contributed by atoms with Crippen molar-refractivity contribution in [2.75, 3.05) is 0 Å². The molecule has 0 heterocycles. The van der Waals surface area contributed by atoms with Gasteiger partial charge >= 0.3 is 10.1 Å². The predicted octanol–water partition coefficient (Wildman–Crippen LogP) is 5.73. The Morgan fingerprint density at radius 3 is 2.15 bits per heavy atom. The molecule has 0 aliphatic carbocycles. The second kappa shape index (κ2) is 8.16. The second-order valence-corrected chi connectivity index (χ2v) is 8.57. The standard InChI is InChI=1S/C19H13Br2NO3S/c20-15-11-14(13-22-16-7-3-1-4-8-16)19(18(21)12-15)25-26(23,24)17-9-5-2-6-10-17/h1-13H. The van der Waals surface area contributed by atoms with Crippen LogP contribution in [0.15, 0.2) is 91.6 Å². The summed E-state index contributed by atoms with van der Waals surface area (Å²) in [6.07, 6.45) is 1.57. The number of hydrogen-bond acceptors (Lipinski definition) is 4. The van der Waals surface area contributed by atoms with Crippen molar-refractivity contribution < 1.29 is 12.6 Å². The Kier molecular flexibility index (Phi) is 5.90. The van der Waals surface area contributed by atoms with Crippen LogP contribution in [0.5, 0.6) is 5.75 Å². The van der Waals surface area contributed by atoms with E-state index in [1.807, 2.05) is 30.3 Å². The van der Waals surface area contributed by atoms with E-state index in [0.717, 1.165) is 10.2 Å².